The Kier molecular flexibility index (Phi) is 5.00. The van der Waals surface area contributed by atoms with Crippen LogP contribution >= 0.6 is 0 Å². The van der Waals surface area contributed by atoms with Crippen LogP contribution in [0.4, 0.5) is 0 Å². The Balaban J connectivity index is 4.19. The molecule has 0 unspecified atom stereocenters. The summed E-state index contributed by atoms with van der Waals surface area (Å²) in [4.78, 5) is 3.90. The van der Waals surface area contributed by atoms with E-state index in [2.05, 4.69) is 39.5 Å². The smallest absolute Gasteiger partial charge is 0.319 e. The van der Waals surface area contributed by atoms with Gasteiger partial charge in [0.25, 0.3) is 0 Å². The molecule has 0 atom stereocenters. The molecule has 0 amide bonds. The summed E-state index contributed by atoms with van der Waals surface area (Å²) in [5.41, 5.74) is 1.11. The molecule has 0 fully saturated rings. The fourth-order valence-electron chi connectivity index (χ4n) is 0.951. The van der Waals surface area contributed by atoms with Crippen LogP contribution in [0, 0.1) is 0 Å². The molecule has 0 bridgehead atoms. The molecule has 0 spiro atoms. The molecule has 0 aliphatic heterocycles. The van der Waals surface area contributed by atoms with Crippen molar-refractivity contribution in [3.05, 3.63) is 11.5 Å². The van der Waals surface area contributed by atoms with Crippen LogP contribution in [0.5, 0.6) is 0 Å². The summed E-state index contributed by atoms with van der Waals surface area (Å²) in [5, 5.41) is 0. The maximum atomic E-state index is 5.77. The first-order valence-corrected chi connectivity index (χ1v) is 4.63. The molecule has 0 aromatic rings. The van der Waals surface area contributed by atoms with Gasteiger partial charge in [0, 0.05) is 18.9 Å². The van der Waals surface area contributed by atoms with Crippen molar-refractivity contribution in [3.63, 3.8) is 0 Å². The maximum Gasteiger partial charge on any atom is 0.319 e. The molecule has 0 aromatic carbocycles. The molecule has 0 saturated heterocycles. The monoisotopic (exact) mass is 181 g/mol. The summed E-state index contributed by atoms with van der Waals surface area (Å²) in [6.07, 6.45) is 3.77. The van der Waals surface area contributed by atoms with Gasteiger partial charge in [-0.3, -0.25) is 4.99 Å². The number of aliphatic imine (C=N–C) groups is 1. The van der Waals surface area contributed by atoms with Gasteiger partial charge in [0.15, 0.2) is 0 Å². The van der Waals surface area contributed by atoms with Crippen LogP contribution in [0.15, 0.2) is 16.5 Å². The Morgan fingerprint density at radius 3 is 2.31 bits per heavy atom. The van der Waals surface area contributed by atoms with E-state index in [0.29, 0.717) is 0 Å². The molecule has 0 saturated carbocycles. The predicted octanol–water partition coefficient (Wildman–Crippen LogP) is 2.61. The summed E-state index contributed by atoms with van der Waals surface area (Å²) in [7, 11) is 1.76. The standard InChI is InChI=1S/C10H20BNO/c1-9(7-8-12-6)11(5)13-10(2,3)4/h7-8H,1-6H3/b9-7+,12-8?. The molecule has 0 aliphatic carbocycles. The first kappa shape index (κ1) is 12.4. The Bertz CT molecular complexity index is 203. The van der Waals surface area contributed by atoms with Crippen LogP contribution in [0.3, 0.4) is 0 Å². The lowest BCUT2D eigenvalue weighted by Gasteiger charge is -2.24. The highest BCUT2D eigenvalue weighted by molar-refractivity contribution is 6.59. The van der Waals surface area contributed by atoms with Crippen LogP contribution in [0.2, 0.25) is 6.82 Å². The Morgan fingerprint density at radius 2 is 1.92 bits per heavy atom. The van der Waals surface area contributed by atoms with Crippen molar-refractivity contribution in [1.29, 1.82) is 0 Å². The van der Waals surface area contributed by atoms with Gasteiger partial charge in [-0.2, -0.15) is 0 Å². The van der Waals surface area contributed by atoms with Crippen LogP contribution in [-0.4, -0.2) is 25.8 Å². The number of hydrogen-bond donors (Lipinski definition) is 0. The van der Waals surface area contributed by atoms with Gasteiger partial charge >= 0.3 is 6.92 Å². The minimum atomic E-state index is -0.0854. The largest absolute Gasteiger partial charge is 0.427 e. The lowest BCUT2D eigenvalue weighted by atomic mass is 9.63. The summed E-state index contributed by atoms with van der Waals surface area (Å²) in [6.45, 7) is 10.4. The van der Waals surface area contributed by atoms with Gasteiger partial charge in [-0.25, -0.2) is 0 Å². The highest BCUT2D eigenvalue weighted by Crippen LogP contribution is 2.12. The summed E-state index contributed by atoms with van der Waals surface area (Å²) in [6, 6.07) is 0. The predicted molar refractivity (Wildman–Crippen MR) is 60.6 cm³/mol. The van der Waals surface area contributed by atoms with Crippen molar-refractivity contribution in [3.8, 4) is 0 Å². The lowest BCUT2D eigenvalue weighted by molar-refractivity contribution is 0.132. The van der Waals surface area contributed by atoms with E-state index in [1.54, 1.807) is 13.3 Å². The van der Waals surface area contributed by atoms with Crippen molar-refractivity contribution < 1.29 is 4.65 Å². The van der Waals surface area contributed by atoms with Crippen LogP contribution in [0.1, 0.15) is 27.7 Å². The average molecular weight is 181 g/mol. The Labute approximate surface area is 82.2 Å². The summed E-state index contributed by atoms with van der Waals surface area (Å²) < 4.78 is 5.77. The molecule has 0 aliphatic rings. The Morgan fingerprint density at radius 1 is 1.38 bits per heavy atom. The topological polar surface area (TPSA) is 21.6 Å². The number of rotatable bonds is 3. The van der Waals surface area contributed by atoms with E-state index in [-0.39, 0.29) is 12.5 Å². The second-order valence-corrected chi connectivity index (χ2v) is 4.19. The minimum absolute atomic E-state index is 0.0854. The number of hydrogen-bond acceptors (Lipinski definition) is 2. The van der Waals surface area contributed by atoms with Crippen molar-refractivity contribution in [1.82, 2.24) is 0 Å². The third-order valence-electron chi connectivity index (χ3n) is 1.66. The van der Waals surface area contributed by atoms with Crippen molar-refractivity contribution in [2.45, 2.75) is 40.1 Å². The third-order valence-corrected chi connectivity index (χ3v) is 1.66. The summed E-state index contributed by atoms with van der Waals surface area (Å²) >= 11 is 0. The highest BCUT2D eigenvalue weighted by atomic mass is 16.5. The molecule has 0 radical (unpaired) electrons. The van der Waals surface area contributed by atoms with Gasteiger partial charge in [-0.15, -0.1) is 0 Å². The fraction of sp³-hybridized carbons (Fsp3) is 0.700. The van der Waals surface area contributed by atoms with E-state index in [0.717, 1.165) is 0 Å². The molecule has 13 heavy (non-hydrogen) atoms. The van der Waals surface area contributed by atoms with Crippen LogP contribution < -0.4 is 0 Å². The van der Waals surface area contributed by atoms with E-state index in [9.17, 15) is 0 Å². The first-order chi connectivity index (χ1) is 5.87. The van der Waals surface area contributed by atoms with Gasteiger partial charge in [-0.05, 0) is 27.7 Å². The zero-order valence-electron chi connectivity index (χ0n) is 9.59. The molecule has 0 aromatic heterocycles. The minimum Gasteiger partial charge on any atom is -0.427 e. The molecule has 0 N–H and O–H groups in total. The van der Waals surface area contributed by atoms with Gasteiger partial charge in [0.2, 0.25) is 0 Å². The SMILES string of the molecule is CN=C/C=C(\C)B(C)OC(C)(C)C. The van der Waals surface area contributed by atoms with Crippen molar-refractivity contribution >= 4 is 13.1 Å². The fourth-order valence-corrected chi connectivity index (χ4v) is 0.951. The van der Waals surface area contributed by atoms with Crippen molar-refractivity contribution in [2.75, 3.05) is 7.05 Å². The summed E-state index contributed by atoms with van der Waals surface area (Å²) in [5.74, 6) is 0. The third kappa shape index (κ3) is 6.58. The van der Waals surface area contributed by atoms with Crippen LogP contribution in [0.25, 0.3) is 0 Å². The second-order valence-electron chi connectivity index (χ2n) is 4.19. The van der Waals surface area contributed by atoms with Gasteiger partial charge in [-0.1, -0.05) is 18.4 Å². The molecular formula is C10H20BNO. The normalized spacial score (nSPS) is 13.8. The van der Waals surface area contributed by atoms with E-state index in [1.165, 1.54) is 5.47 Å². The van der Waals surface area contributed by atoms with Gasteiger partial charge in [0.1, 0.15) is 0 Å². The molecule has 0 rings (SSSR count). The van der Waals surface area contributed by atoms with Gasteiger partial charge in [0.05, 0.1) is 0 Å². The van der Waals surface area contributed by atoms with E-state index >= 15 is 0 Å². The number of nitrogens with zero attached hydrogens (tertiary/aromatic N) is 1. The number of allylic oxidation sites excluding steroid dienone is 2. The zero-order chi connectivity index (χ0) is 10.5. The van der Waals surface area contributed by atoms with Crippen LogP contribution in [-0.2, 0) is 4.65 Å². The molecule has 74 valence electrons. The van der Waals surface area contributed by atoms with Crippen molar-refractivity contribution in [2.24, 2.45) is 4.99 Å². The second kappa shape index (κ2) is 5.23. The molecule has 2 nitrogen and oxygen atoms in total. The lowest BCUT2D eigenvalue weighted by Crippen LogP contribution is -2.29. The average Bonchev–Trinajstić information content (AvgIpc) is 1.96. The first-order valence-electron chi connectivity index (χ1n) is 4.63. The molecular weight excluding hydrogens is 161 g/mol. The molecule has 0 heterocycles. The highest BCUT2D eigenvalue weighted by Gasteiger charge is 2.19. The molecule has 3 heteroatoms. The van der Waals surface area contributed by atoms with E-state index < -0.39 is 0 Å². The zero-order valence-corrected chi connectivity index (χ0v) is 9.59. The quantitative estimate of drug-likeness (QED) is 0.484. The Hall–Kier alpha value is -0.565. The van der Waals surface area contributed by atoms with Gasteiger partial charge < -0.3 is 4.65 Å². The van der Waals surface area contributed by atoms with E-state index in [4.69, 9.17) is 4.65 Å². The van der Waals surface area contributed by atoms with E-state index in [1.807, 2.05) is 6.08 Å². The maximum absolute atomic E-state index is 5.77.